The van der Waals surface area contributed by atoms with Crippen LogP contribution in [0.25, 0.3) is 0 Å². The first-order valence-corrected chi connectivity index (χ1v) is 7.80. The molecule has 0 atom stereocenters. The molecule has 138 valence electrons. The molecule has 1 fully saturated rings. The van der Waals surface area contributed by atoms with Gasteiger partial charge in [-0.1, -0.05) is 0 Å². The highest BCUT2D eigenvalue weighted by molar-refractivity contribution is 5.73. The van der Waals surface area contributed by atoms with Crippen LogP contribution < -0.4 is 5.48 Å². The summed E-state index contributed by atoms with van der Waals surface area (Å²) in [6, 6.07) is 0. The van der Waals surface area contributed by atoms with E-state index in [0.29, 0.717) is 13.1 Å². The molecule has 0 unspecified atom stereocenters. The highest BCUT2D eigenvalue weighted by atomic mass is 16.7. The molecule has 1 heterocycles. The molecule has 1 rings (SSSR count). The number of rotatable bonds is 0. The molecule has 0 aromatic carbocycles. The van der Waals surface area contributed by atoms with Gasteiger partial charge >= 0.3 is 18.3 Å². The Hall–Kier alpha value is -2.19. The van der Waals surface area contributed by atoms with E-state index >= 15 is 0 Å². The number of piperazine rings is 1. The van der Waals surface area contributed by atoms with Gasteiger partial charge in [0.2, 0.25) is 0 Å². The average Bonchev–Trinajstić information content (AvgIpc) is 2.41. The fourth-order valence-corrected chi connectivity index (χ4v) is 1.85. The molecule has 0 aromatic heterocycles. The summed E-state index contributed by atoms with van der Waals surface area (Å²) in [5, 5.41) is 0. The van der Waals surface area contributed by atoms with Crippen LogP contribution >= 0.6 is 0 Å². The van der Waals surface area contributed by atoms with Gasteiger partial charge in [-0.3, -0.25) is 0 Å². The van der Waals surface area contributed by atoms with E-state index in [1.807, 2.05) is 5.48 Å². The van der Waals surface area contributed by atoms with Crippen LogP contribution in [0, 0.1) is 0 Å². The Bertz CT molecular complexity index is 473. The van der Waals surface area contributed by atoms with Crippen molar-refractivity contribution in [3.8, 4) is 0 Å². The lowest BCUT2D eigenvalue weighted by molar-refractivity contribution is -0.00344. The zero-order chi connectivity index (χ0) is 18.5. The molecule has 0 aromatic rings. The average molecular weight is 345 g/mol. The highest BCUT2D eigenvalue weighted by Crippen LogP contribution is 2.12. The predicted molar refractivity (Wildman–Crippen MR) is 85.2 cm³/mol. The molecule has 0 radical (unpaired) electrons. The monoisotopic (exact) mass is 345 g/mol. The van der Waals surface area contributed by atoms with Gasteiger partial charge in [0.15, 0.2) is 0 Å². The Kier molecular flexibility index (Phi) is 6.28. The SMILES string of the molecule is CC(C)(C)OC(=O)NOC(=O)N1CCN(C(=O)OC(C)(C)C)CC1. The predicted octanol–water partition coefficient (Wildman–Crippen LogP) is 2.12. The lowest BCUT2D eigenvalue weighted by Crippen LogP contribution is -2.52. The Morgan fingerprint density at radius 2 is 1.17 bits per heavy atom. The molecule has 1 saturated heterocycles. The first-order valence-electron chi connectivity index (χ1n) is 7.80. The number of carbonyl (C=O) groups is 3. The van der Waals surface area contributed by atoms with Crippen molar-refractivity contribution < 1.29 is 28.7 Å². The normalized spacial score (nSPS) is 15.6. The van der Waals surface area contributed by atoms with Gasteiger partial charge in [0, 0.05) is 26.2 Å². The number of hydroxylamine groups is 1. The van der Waals surface area contributed by atoms with Crippen LogP contribution in [0.4, 0.5) is 14.4 Å². The molecule has 1 aliphatic heterocycles. The minimum Gasteiger partial charge on any atom is -0.444 e. The minimum atomic E-state index is -0.844. The van der Waals surface area contributed by atoms with Gasteiger partial charge in [0.25, 0.3) is 0 Å². The van der Waals surface area contributed by atoms with Crippen molar-refractivity contribution in [2.45, 2.75) is 52.7 Å². The van der Waals surface area contributed by atoms with E-state index in [1.54, 1.807) is 41.5 Å². The number of nitrogens with zero attached hydrogens (tertiary/aromatic N) is 2. The summed E-state index contributed by atoms with van der Waals surface area (Å²) in [5.41, 5.74) is 0.694. The van der Waals surface area contributed by atoms with Gasteiger partial charge in [0.1, 0.15) is 11.2 Å². The third-order valence-electron chi connectivity index (χ3n) is 2.81. The molecule has 1 N–H and O–H groups in total. The third kappa shape index (κ3) is 7.38. The fraction of sp³-hybridized carbons (Fsp3) is 0.800. The van der Waals surface area contributed by atoms with Gasteiger partial charge in [-0.15, -0.1) is 5.48 Å². The van der Waals surface area contributed by atoms with Gasteiger partial charge < -0.3 is 24.1 Å². The summed E-state index contributed by atoms with van der Waals surface area (Å²) in [6.45, 7) is 11.7. The number of ether oxygens (including phenoxy) is 2. The van der Waals surface area contributed by atoms with Crippen molar-refractivity contribution in [1.29, 1.82) is 0 Å². The van der Waals surface area contributed by atoms with E-state index in [-0.39, 0.29) is 13.1 Å². The van der Waals surface area contributed by atoms with Crippen LogP contribution in [0.2, 0.25) is 0 Å². The van der Waals surface area contributed by atoms with Gasteiger partial charge in [-0.2, -0.15) is 0 Å². The topological polar surface area (TPSA) is 97.4 Å². The molecule has 0 bridgehead atoms. The Balaban J connectivity index is 2.35. The Labute approximate surface area is 142 Å². The molecule has 1 aliphatic rings. The second kappa shape index (κ2) is 7.59. The van der Waals surface area contributed by atoms with E-state index in [1.165, 1.54) is 9.80 Å². The van der Waals surface area contributed by atoms with Crippen LogP contribution in [0.15, 0.2) is 0 Å². The van der Waals surface area contributed by atoms with Crippen molar-refractivity contribution in [1.82, 2.24) is 15.3 Å². The van der Waals surface area contributed by atoms with Crippen LogP contribution in [-0.2, 0) is 14.3 Å². The summed E-state index contributed by atoms with van der Waals surface area (Å²) in [4.78, 5) is 42.8. The number of carbonyl (C=O) groups excluding carboxylic acids is 3. The van der Waals surface area contributed by atoms with Crippen LogP contribution in [0.3, 0.4) is 0 Å². The van der Waals surface area contributed by atoms with Crippen LogP contribution in [0.1, 0.15) is 41.5 Å². The summed E-state index contributed by atoms with van der Waals surface area (Å²) >= 11 is 0. The zero-order valence-electron chi connectivity index (χ0n) is 15.2. The molecular weight excluding hydrogens is 318 g/mol. The minimum absolute atomic E-state index is 0.286. The molecule has 24 heavy (non-hydrogen) atoms. The number of nitrogens with one attached hydrogen (secondary N) is 1. The molecular formula is C15H27N3O6. The van der Waals surface area contributed by atoms with Gasteiger partial charge in [-0.25, -0.2) is 14.4 Å². The lowest BCUT2D eigenvalue weighted by Gasteiger charge is -2.34. The van der Waals surface area contributed by atoms with Crippen molar-refractivity contribution in [3.63, 3.8) is 0 Å². The third-order valence-corrected chi connectivity index (χ3v) is 2.81. The number of amides is 3. The standard InChI is InChI=1S/C15H27N3O6/c1-14(2,3)22-11(19)16-24-13(21)18-9-7-17(8-10-18)12(20)23-15(4,5)6/h7-10H2,1-6H3,(H,16,19). The van der Waals surface area contributed by atoms with E-state index in [2.05, 4.69) is 0 Å². The zero-order valence-corrected chi connectivity index (χ0v) is 15.2. The van der Waals surface area contributed by atoms with E-state index in [0.717, 1.165) is 0 Å². The maximum atomic E-state index is 11.9. The number of hydrogen-bond donors (Lipinski definition) is 1. The first-order chi connectivity index (χ1) is 10.9. The largest absolute Gasteiger partial charge is 0.444 e. The molecule has 0 aliphatic carbocycles. The van der Waals surface area contributed by atoms with E-state index in [4.69, 9.17) is 14.3 Å². The number of hydrogen-bond acceptors (Lipinski definition) is 6. The van der Waals surface area contributed by atoms with Crippen molar-refractivity contribution in [2.24, 2.45) is 0 Å². The first kappa shape index (κ1) is 19.9. The maximum absolute atomic E-state index is 11.9. The van der Waals surface area contributed by atoms with Crippen LogP contribution in [-0.4, -0.2) is 65.5 Å². The summed E-state index contributed by atoms with van der Waals surface area (Å²) < 4.78 is 10.2. The smallest absolute Gasteiger partial charge is 0.441 e. The van der Waals surface area contributed by atoms with Crippen LogP contribution in [0.5, 0.6) is 0 Å². The second-order valence-corrected chi connectivity index (χ2v) is 7.43. The highest BCUT2D eigenvalue weighted by Gasteiger charge is 2.29. The summed E-state index contributed by atoms with van der Waals surface area (Å²) in [6.07, 6.45) is -1.96. The van der Waals surface area contributed by atoms with E-state index in [9.17, 15) is 14.4 Å². The van der Waals surface area contributed by atoms with Crippen molar-refractivity contribution in [2.75, 3.05) is 26.2 Å². The maximum Gasteiger partial charge on any atom is 0.441 e. The lowest BCUT2D eigenvalue weighted by atomic mass is 10.2. The summed E-state index contributed by atoms with van der Waals surface area (Å²) in [5.74, 6) is 0. The Morgan fingerprint density at radius 1 is 0.750 bits per heavy atom. The molecule has 3 amide bonds. The van der Waals surface area contributed by atoms with Crippen molar-refractivity contribution >= 4 is 18.3 Å². The fourth-order valence-electron chi connectivity index (χ4n) is 1.85. The quantitative estimate of drug-likeness (QED) is 0.533. The van der Waals surface area contributed by atoms with E-state index < -0.39 is 29.5 Å². The molecule has 9 heteroatoms. The molecule has 9 nitrogen and oxygen atoms in total. The summed E-state index contributed by atoms with van der Waals surface area (Å²) in [7, 11) is 0. The Morgan fingerprint density at radius 3 is 1.58 bits per heavy atom. The molecule has 0 saturated carbocycles. The van der Waals surface area contributed by atoms with Crippen molar-refractivity contribution in [3.05, 3.63) is 0 Å². The second-order valence-electron chi connectivity index (χ2n) is 7.43. The van der Waals surface area contributed by atoms with Gasteiger partial charge in [-0.05, 0) is 41.5 Å². The molecule has 0 spiro atoms. The van der Waals surface area contributed by atoms with Gasteiger partial charge in [0.05, 0.1) is 0 Å².